The third kappa shape index (κ3) is 4.04. The molecular formula is C16H19BrF3N3O2. The van der Waals surface area contributed by atoms with Crippen LogP contribution in [0.4, 0.5) is 13.2 Å². The molecule has 1 heterocycles. The van der Waals surface area contributed by atoms with Crippen molar-refractivity contribution in [1.29, 1.82) is 0 Å². The highest BCUT2D eigenvalue weighted by Gasteiger charge is 2.52. The average Bonchev–Trinajstić information content (AvgIpc) is 2.48. The minimum Gasteiger partial charge on any atom is -0.455 e. The lowest BCUT2D eigenvalue weighted by Crippen LogP contribution is -2.62. The van der Waals surface area contributed by atoms with Gasteiger partial charge in [0.05, 0.1) is 6.17 Å². The standard InChI is InChI=1S/C16H19BrF3N3O2/c1-15(2,3)25-12(24)11-7-22-14(21)16(23-11,13(19)20)9-6-8(17)4-5-10(9)18/h4-6,13-14,22H,7,21H2,1-3H3. The summed E-state index contributed by atoms with van der Waals surface area (Å²) in [5.74, 6) is -1.75. The Morgan fingerprint density at radius 3 is 2.68 bits per heavy atom. The molecule has 1 aromatic rings. The number of ether oxygens (including phenoxy) is 1. The summed E-state index contributed by atoms with van der Waals surface area (Å²) in [6.07, 6.45) is -4.54. The van der Waals surface area contributed by atoms with Gasteiger partial charge in [-0.3, -0.25) is 10.3 Å². The molecule has 1 aromatic carbocycles. The quantitative estimate of drug-likeness (QED) is 0.735. The third-order valence-corrected chi connectivity index (χ3v) is 4.10. The van der Waals surface area contributed by atoms with Gasteiger partial charge in [-0.15, -0.1) is 0 Å². The number of carbonyl (C=O) groups excluding carboxylic acids is 1. The second-order valence-electron chi connectivity index (χ2n) is 6.67. The summed E-state index contributed by atoms with van der Waals surface area (Å²) in [6.45, 7) is 4.77. The molecule has 0 radical (unpaired) electrons. The average molecular weight is 422 g/mol. The molecule has 9 heteroatoms. The van der Waals surface area contributed by atoms with E-state index >= 15 is 0 Å². The first kappa shape index (κ1) is 19.9. The summed E-state index contributed by atoms with van der Waals surface area (Å²) >= 11 is 3.13. The smallest absolute Gasteiger partial charge is 0.354 e. The Bertz CT molecular complexity index is 706. The number of nitrogens with zero attached hydrogens (tertiary/aromatic N) is 1. The van der Waals surface area contributed by atoms with Crippen molar-refractivity contribution in [3.8, 4) is 0 Å². The number of nitrogens with two attached hydrogens (primary N) is 1. The maximum Gasteiger partial charge on any atom is 0.354 e. The first-order chi connectivity index (χ1) is 11.5. The van der Waals surface area contributed by atoms with E-state index in [9.17, 15) is 18.0 Å². The van der Waals surface area contributed by atoms with Gasteiger partial charge >= 0.3 is 5.97 Å². The highest BCUT2D eigenvalue weighted by Crippen LogP contribution is 2.39. The van der Waals surface area contributed by atoms with Crippen molar-refractivity contribution in [2.75, 3.05) is 6.54 Å². The number of hydrogen-bond acceptors (Lipinski definition) is 5. The van der Waals surface area contributed by atoms with Crippen LogP contribution < -0.4 is 11.1 Å². The topological polar surface area (TPSA) is 76.7 Å². The highest BCUT2D eigenvalue weighted by molar-refractivity contribution is 9.10. The normalized spacial score (nSPS) is 24.2. The lowest BCUT2D eigenvalue weighted by atomic mass is 9.85. The van der Waals surface area contributed by atoms with Gasteiger partial charge in [-0.1, -0.05) is 15.9 Å². The fourth-order valence-electron chi connectivity index (χ4n) is 2.48. The number of hydrogen-bond donors (Lipinski definition) is 2. The maximum absolute atomic E-state index is 14.3. The molecule has 0 amide bonds. The molecule has 0 saturated heterocycles. The number of aliphatic imine (C=N–C) groups is 1. The first-order valence-electron chi connectivity index (χ1n) is 7.52. The van der Waals surface area contributed by atoms with Gasteiger partial charge in [0.1, 0.15) is 17.1 Å². The molecule has 0 bridgehead atoms. The van der Waals surface area contributed by atoms with Crippen LogP contribution in [0, 0.1) is 5.82 Å². The SMILES string of the molecule is CC(C)(C)OC(=O)C1=NC(c2cc(Br)ccc2F)(C(F)F)C(N)NC1. The zero-order chi connectivity index (χ0) is 19.0. The van der Waals surface area contributed by atoms with Crippen LogP contribution in [-0.2, 0) is 15.1 Å². The fourth-order valence-corrected chi connectivity index (χ4v) is 2.84. The molecule has 0 spiro atoms. The zero-order valence-electron chi connectivity index (χ0n) is 13.9. The zero-order valence-corrected chi connectivity index (χ0v) is 15.5. The molecule has 1 aliphatic heterocycles. The van der Waals surface area contributed by atoms with E-state index in [1.165, 1.54) is 12.1 Å². The molecule has 2 unspecified atom stereocenters. The van der Waals surface area contributed by atoms with E-state index in [1.807, 2.05) is 0 Å². The van der Waals surface area contributed by atoms with Crippen LogP contribution in [0.3, 0.4) is 0 Å². The van der Waals surface area contributed by atoms with Crippen molar-refractivity contribution < 1.29 is 22.7 Å². The second-order valence-corrected chi connectivity index (χ2v) is 7.58. The number of benzene rings is 1. The summed E-state index contributed by atoms with van der Waals surface area (Å²) in [6, 6.07) is 3.59. The molecule has 0 saturated carbocycles. The van der Waals surface area contributed by atoms with Crippen LogP contribution in [0.15, 0.2) is 27.7 Å². The number of esters is 1. The van der Waals surface area contributed by atoms with Crippen LogP contribution >= 0.6 is 15.9 Å². The van der Waals surface area contributed by atoms with Crippen molar-refractivity contribution in [2.45, 2.75) is 44.5 Å². The summed E-state index contributed by atoms with van der Waals surface area (Å²) in [4.78, 5) is 16.1. The second kappa shape index (κ2) is 7.05. The van der Waals surface area contributed by atoms with Crippen molar-refractivity contribution >= 4 is 27.6 Å². The largest absolute Gasteiger partial charge is 0.455 e. The van der Waals surface area contributed by atoms with Crippen LogP contribution in [0.2, 0.25) is 0 Å². The van der Waals surface area contributed by atoms with E-state index in [0.717, 1.165) is 6.07 Å². The van der Waals surface area contributed by atoms with E-state index in [4.69, 9.17) is 10.5 Å². The molecule has 25 heavy (non-hydrogen) atoms. The molecular weight excluding hydrogens is 403 g/mol. The monoisotopic (exact) mass is 421 g/mol. The molecule has 0 fully saturated rings. The number of rotatable bonds is 3. The van der Waals surface area contributed by atoms with Gasteiger partial charge in [0.15, 0.2) is 5.54 Å². The molecule has 3 N–H and O–H groups in total. The van der Waals surface area contributed by atoms with Crippen LogP contribution in [0.5, 0.6) is 0 Å². The van der Waals surface area contributed by atoms with Gasteiger partial charge in [-0.25, -0.2) is 18.0 Å². The lowest BCUT2D eigenvalue weighted by molar-refractivity contribution is -0.146. The summed E-state index contributed by atoms with van der Waals surface area (Å²) < 4.78 is 47.9. The van der Waals surface area contributed by atoms with Crippen LogP contribution in [0.25, 0.3) is 0 Å². The number of alkyl halides is 2. The Morgan fingerprint density at radius 2 is 2.12 bits per heavy atom. The molecule has 1 aliphatic rings. The summed E-state index contributed by atoms with van der Waals surface area (Å²) in [7, 11) is 0. The Kier molecular flexibility index (Phi) is 5.60. The minimum absolute atomic E-state index is 0.153. The van der Waals surface area contributed by atoms with Crippen LogP contribution in [0.1, 0.15) is 26.3 Å². The van der Waals surface area contributed by atoms with Gasteiger partial charge in [0.2, 0.25) is 0 Å². The molecule has 0 aliphatic carbocycles. The minimum atomic E-state index is -3.16. The predicted octanol–water partition coefficient (Wildman–Crippen LogP) is 2.72. The Morgan fingerprint density at radius 1 is 1.48 bits per heavy atom. The Labute approximate surface area is 151 Å². The lowest BCUT2D eigenvalue weighted by Gasteiger charge is -2.39. The van der Waals surface area contributed by atoms with E-state index in [1.54, 1.807) is 20.8 Å². The predicted molar refractivity (Wildman–Crippen MR) is 91.0 cm³/mol. The first-order valence-corrected chi connectivity index (χ1v) is 8.31. The molecule has 2 rings (SSSR count). The Hall–Kier alpha value is -1.45. The fraction of sp³-hybridized carbons (Fsp3) is 0.500. The van der Waals surface area contributed by atoms with Gasteiger partial charge < -0.3 is 10.5 Å². The van der Waals surface area contributed by atoms with Crippen molar-refractivity contribution in [3.05, 3.63) is 34.1 Å². The third-order valence-electron chi connectivity index (χ3n) is 3.61. The van der Waals surface area contributed by atoms with Gasteiger partial charge in [-0.05, 0) is 39.0 Å². The van der Waals surface area contributed by atoms with Crippen molar-refractivity contribution in [2.24, 2.45) is 10.7 Å². The molecule has 5 nitrogen and oxygen atoms in total. The number of carbonyl (C=O) groups is 1. The number of nitrogens with one attached hydrogen (secondary N) is 1. The molecule has 2 atom stereocenters. The van der Waals surface area contributed by atoms with E-state index in [0.29, 0.717) is 4.47 Å². The van der Waals surface area contributed by atoms with Crippen molar-refractivity contribution in [1.82, 2.24) is 5.32 Å². The highest BCUT2D eigenvalue weighted by atomic mass is 79.9. The summed E-state index contributed by atoms with van der Waals surface area (Å²) in [5.41, 5.74) is 1.88. The van der Waals surface area contributed by atoms with Gasteiger partial charge in [-0.2, -0.15) is 0 Å². The van der Waals surface area contributed by atoms with E-state index < -0.39 is 41.1 Å². The van der Waals surface area contributed by atoms with Crippen molar-refractivity contribution in [3.63, 3.8) is 0 Å². The molecule has 0 aromatic heterocycles. The maximum atomic E-state index is 14.3. The van der Waals surface area contributed by atoms with E-state index in [-0.39, 0.29) is 12.3 Å². The van der Waals surface area contributed by atoms with Gasteiger partial charge in [0, 0.05) is 16.6 Å². The molecule has 138 valence electrons. The van der Waals surface area contributed by atoms with Gasteiger partial charge in [0.25, 0.3) is 6.43 Å². The Balaban J connectivity index is 2.60. The van der Waals surface area contributed by atoms with E-state index in [2.05, 4.69) is 26.2 Å². The van der Waals surface area contributed by atoms with Crippen LogP contribution in [-0.4, -0.2) is 36.4 Å². The number of halogens is 4. The summed E-state index contributed by atoms with van der Waals surface area (Å²) in [5, 5.41) is 2.60.